The van der Waals surface area contributed by atoms with Crippen molar-refractivity contribution in [3.63, 3.8) is 0 Å². The largest absolute Gasteiger partial charge is 0.455 e. The fraction of sp³-hybridized carbons (Fsp3) is 0.286. The van der Waals surface area contributed by atoms with E-state index < -0.39 is 5.60 Å². The van der Waals surface area contributed by atoms with Gasteiger partial charge < -0.3 is 4.74 Å². The van der Waals surface area contributed by atoms with Gasteiger partial charge in [-0.05, 0) is 55.5 Å². The highest BCUT2D eigenvalue weighted by atomic mass is 16.6. The Morgan fingerprint density at radius 1 is 1.09 bits per heavy atom. The Bertz CT molecular complexity index is 799. The minimum absolute atomic E-state index is 0.0249. The van der Waals surface area contributed by atoms with E-state index in [1.54, 1.807) is 6.92 Å². The van der Waals surface area contributed by atoms with E-state index in [2.05, 4.69) is 49.9 Å². The first-order chi connectivity index (χ1) is 10.8. The Balaban J connectivity index is 2.15. The zero-order valence-corrected chi connectivity index (χ0v) is 14.1. The van der Waals surface area contributed by atoms with Crippen LogP contribution in [0.4, 0.5) is 0 Å². The van der Waals surface area contributed by atoms with Crippen molar-refractivity contribution >= 4 is 5.97 Å². The van der Waals surface area contributed by atoms with E-state index in [0.717, 1.165) is 0 Å². The number of carbonyl (C=O) groups is 1. The molecule has 2 aromatic rings. The van der Waals surface area contributed by atoms with Gasteiger partial charge in [0, 0.05) is 11.5 Å². The molecule has 3 rings (SSSR count). The fourth-order valence-corrected chi connectivity index (χ4v) is 3.58. The topological polar surface area (TPSA) is 26.3 Å². The Hall–Kier alpha value is -2.35. The number of hydrogen-bond donors (Lipinski definition) is 0. The SMILES string of the molecule is C=C(C)C(=O)OC(C)(C)C1c2ccccc2-c2c(C)cccc21. The predicted octanol–water partition coefficient (Wildman–Crippen LogP) is 5.01. The lowest BCUT2D eigenvalue weighted by molar-refractivity contribution is -0.152. The number of rotatable bonds is 3. The zero-order chi connectivity index (χ0) is 16.8. The van der Waals surface area contributed by atoms with Crippen molar-refractivity contribution in [2.24, 2.45) is 0 Å². The van der Waals surface area contributed by atoms with Crippen molar-refractivity contribution < 1.29 is 9.53 Å². The van der Waals surface area contributed by atoms with E-state index in [-0.39, 0.29) is 11.9 Å². The van der Waals surface area contributed by atoms with Crippen LogP contribution in [0.5, 0.6) is 0 Å². The normalized spacial score (nSPS) is 15.7. The van der Waals surface area contributed by atoms with Gasteiger partial charge in [0.25, 0.3) is 0 Å². The van der Waals surface area contributed by atoms with E-state index in [0.29, 0.717) is 5.57 Å². The highest BCUT2D eigenvalue weighted by Crippen LogP contribution is 2.51. The summed E-state index contributed by atoms with van der Waals surface area (Å²) in [5.41, 5.74) is 5.98. The molecule has 23 heavy (non-hydrogen) atoms. The number of ether oxygens (including phenoxy) is 1. The molecule has 0 aromatic heterocycles. The van der Waals surface area contributed by atoms with E-state index >= 15 is 0 Å². The highest BCUT2D eigenvalue weighted by Gasteiger charge is 2.42. The third-order valence-electron chi connectivity index (χ3n) is 4.56. The van der Waals surface area contributed by atoms with Gasteiger partial charge in [-0.25, -0.2) is 4.79 Å². The second-order valence-corrected chi connectivity index (χ2v) is 6.83. The van der Waals surface area contributed by atoms with Gasteiger partial charge in [0.15, 0.2) is 0 Å². The van der Waals surface area contributed by atoms with Gasteiger partial charge in [-0.2, -0.15) is 0 Å². The standard InChI is InChI=1S/C21H22O2/c1-13(2)20(22)23-21(4,5)19-16-11-7-6-10-15(16)18-14(3)9-8-12-17(18)19/h6-12,19H,1H2,2-5H3. The zero-order valence-electron chi connectivity index (χ0n) is 14.1. The summed E-state index contributed by atoms with van der Waals surface area (Å²) in [7, 11) is 0. The quantitative estimate of drug-likeness (QED) is 0.589. The van der Waals surface area contributed by atoms with Crippen molar-refractivity contribution in [2.75, 3.05) is 0 Å². The number of benzene rings is 2. The maximum absolute atomic E-state index is 12.1. The summed E-state index contributed by atoms with van der Waals surface area (Å²) in [5, 5.41) is 0. The van der Waals surface area contributed by atoms with Crippen molar-refractivity contribution in [1.29, 1.82) is 0 Å². The van der Waals surface area contributed by atoms with Crippen LogP contribution >= 0.6 is 0 Å². The third kappa shape index (κ3) is 2.48. The molecule has 2 aromatic carbocycles. The number of hydrogen-bond acceptors (Lipinski definition) is 2. The second kappa shape index (κ2) is 5.38. The molecule has 118 valence electrons. The number of esters is 1. The van der Waals surface area contributed by atoms with E-state index in [4.69, 9.17) is 4.74 Å². The molecule has 0 heterocycles. The molecule has 0 saturated carbocycles. The van der Waals surface area contributed by atoms with Gasteiger partial charge >= 0.3 is 5.97 Å². The lowest BCUT2D eigenvalue weighted by Crippen LogP contribution is -2.35. The van der Waals surface area contributed by atoms with Crippen LogP contribution < -0.4 is 0 Å². The van der Waals surface area contributed by atoms with Crippen LogP contribution in [0.3, 0.4) is 0 Å². The Morgan fingerprint density at radius 3 is 2.43 bits per heavy atom. The molecule has 0 aliphatic heterocycles. The predicted molar refractivity (Wildman–Crippen MR) is 93.4 cm³/mol. The summed E-state index contributed by atoms with van der Waals surface area (Å²) in [6.07, 6.45) is 0. The van der Waals surface area contributed by atoms with Crippen LogP contribution in [-0.2, 0) is 9.53 Å². The van der Waals surface area contributed by atoms with Gasteiger partial charge in [0.05, 0.1) is 0 Å². The van der Waals surface area contributed by atoms with Crippen LogP contribution in [0.1, 0.15) is 43.4 Å². The molecule has 0 bridgehead atoms. The molecule has 0 N–H and O–H groups in total. The van der Waals surface area contributed by atoms with Crippen LogP contribution in [0.2, 0.25) is 0 Å². The average molecular weight is 306 g/mol. The highest BCUT2D eigenvalue weighted by molar-refractivity contribution is 5.88. The summed E-state index contributed by atoms with van der Waals surface area (Å²) in [6.45, 7) is 11.5. The lowest BCUT2D eigenvalue weighted by Gasteiger charge is -2.33. The number of aryl methyl sites for hydroxylation is 1. The van der Waals surface area contributed by atoms with Crippen molar-refractivity contribution in [3.8, 4) is 11.1 Å². The monoisotopic (exact) mass is 306 g/mol. The molecule has 2 heteroatoms. The van der Waals surface area contributed by atoms with Crippen LogP contribution in [0, 0.1) is 6.92 Å². The van der Waals surface area contributed by atoms with E-state index in [1.165, 1.54) is 27.8 Å². The lowest BCUT2D eigenvalue weighted by atomic mass is 9.82. The van der Waals surface area contributed by atoms with Crippen LogP contribution in [-0.4, -0.2) is 11.6 Å². The molecule has 0 radical (unpaired) electrons. The molecule has 0 spiro atoms. The summed E-state index contributed by atoms with van der Waals surface area (Å²) in [5.74, 6) is -0.314. The van der Waals surface area contributed by atoms with Crippen molar-refractivity contribution in [3.05, 3.63) is 71.3 Å². The third-order valence-corrected chi connectivity index (χ3v) is 4.56. The maximum Gasteiger partial charge on any atom is 0.333 e. The molecule has 1 aliphatic carbocycles. The molecule has 2 nitrogen and oxygen atoms in total. The molecule has 1 aliphatic rings. The van der Waals surface area contributed by atoms with Gasteiger partial charge in [-0.3, -0.25) is 0 Å². The number of carbonyl (C=O) groups excluding carboxylic acids is 1. The first-order valence-electron chi connectivity index (χ1n) is 7.90. The van der Waals surface area contributed by atoms with Gasteiger partial charge in [0.1, 0.15) is 5.60 Å². The molecule has 0 amide bonds. The molecular formula is C21H22O2. The van der Waals surface area contributed by atoms with E-state index in [1.807, 2.05) is 19.9 Å². The Morgan fingerprint density at radius 2 is 1.74 bits per heavy atom. The van der Waals surface area contributed by atoms with Gasteiger partial charge in [-0.15, -0.1) is 0 Å². The molecule has 0 fully saturated rings. The number of fused-ring (bicyclic) bond motifs is 3. The van der Waals surface area contributed by atoms with E-state index in [9.17, 15) is 4.79 Å². The van der Waals surface area contributed by atoms with Gasteiger partial charge in [0.2, 0.25) is 0 Å². The Kier molecular flexibility index (Phi) is 3.63. The van der Waals surface area contributed by atoms with Crippen LogP contribution in [0.25, 0.3) is 11.1 Å². The summed E-state index contributed by atoms with van der Waals surface area (Å²) >= 11 is 0. The Labute approximate surface area is 137 Å². The molecule has 1 atom stereocenters. The minimum Gasteiger partial charge on any atom is -0.455 e. The summed E-state index contributed by atoms with van der Waals surface area (Å²) in [4.78, 5) is 12.1. The second-order valence-electron chi connectivity index (χ2n) is 6.83. The van der Waals surface area contributed by atoms with Crippen LogP contribution in [0.15, 0.2) is 54.6 Å². The van der Waals surface area contributed by atoms with Crippen molar-refractivity contribution in [2.45, 2.75) is 39.2 Å². The maximum atomic E-state index is 12.1. The van der Waals surface area contributed by atoms with Crippen molar-refractivity contribution in [1.82, 2.24) is 0 Å². The molecule has 1 unspecified atom stereocenters. The molecular weight excluding hydrogens is 284 g/mol. The smallest absolute Gasteiger partial charge is 0.333 e. The average Bonchev–Trinajstić information content (AvgIpc) is 2.82. The molecule has 0 saturated heterocycles. The summed E-state index contributed by atoms with van der Waals surface area (Å²) in [6, 6.07) is 14.7. The minimum atomic E-state index is -0.648. The fourth-order valence-electron chi connectivity index (χ4n) is 3.58. The summed E-state index contributed by atoms with van der Waals surface area (Å²) < 4.78 is 5.80. The first kappa shape index (κ1) is 15.5. The first-order valence-corrected chi connectivity index (χ1v) is 7.90. The van der Waals surface area contributed by atoms with Gasteiger partial charge in [-0.1, -0.05) is 49.0 Å².